The van der Waals surface area contributed by atoms with Gasteiger partial charge in [0.15, 0.2) is 0 Å². The summed E-state index contributed by atoms with van der Waals surface area (Å²) in [5.74, 6) is 1.74. The van der Waals surface area contributed by atoms with Crippen LogP contribution in [0.3, 0.4) is 0 Å². The maximum atomic E-state index is 12.4. The van der Waals surface area contributed by atoms with Crippen molar-refractivity contribution >= 4 is 17.1 Å². The maximum Gasteiger partial charge on any atom is 0.528 e. The zero-order valence-corrected chi connectivity index (χ0v) is 27.1. The smallest absolute Gasteiger partial charge is 0.496 e. The van der Waals surface area contributed by atoms with E-state index in [-0.39, 0.29) is 12.0 Å². The molecule has 1 fully saturated rings. The summed E-state index contributed by atoms with van der Waals surface area (Å²) in [5, 5.41) is 2.73. The number of methoxy groups -OCH3 is 1. The highest BCUT2D eigenvalue weighted by atomic mass is 16.8. The number of hydroxylamine groups is 2. The van der Waals surface area contributed by atoms with Gasteiger partial charge in [0.2, 0.25) is 0 Å². The second kappa shape index (κ2) is 15.9. The van der Waals surface area contributed by atoms with Crippen molar-refractivity contribution in [2.45, 2.75) is 64.4 Å². The number of ether oxygens (including phenoxy) is 5. The summed E-state index contributed by atoms with van der Waals surface area (Å²) in [6.45, 7) is 8.49. The Morgan fingerprint density at radius 1 is 0.957 bits per heavy atom. The second-order valence-corrected chi connectivity index (χ2v) is 12.4. The van der Waals surface area contributed by atoms with E-state index in [1.165, 1.54) is 0 Å². The highest BCUT2D eigenvalue weighted by Crippen LogP contribution is 2.33. The van der Waals surface area contributed by atoms with Gasteiger partial charge in [0.05, 0.1) is 51.7 Å². The Morgan fingerprint density at radius 3 is 2.59 bits per heavy atom. The zero-order valence-electron chi connectivity index (χ0n) is 27.1. The summed E-state index contributed by atoms with van der Waals surface area (Å²) in [4.78, 5) is 22.4. The van der Waals surface area contributed by atoms with Crippen molar-refractivity contribution in [2.24, 2.45) is 0 Å². The van der Waals surface area contributed by atoms with Crippen LogP contribution in [-0.4, -0.2) is 61.3 Å². The maximum absolute atomic E-state index is 12.4. The molecule has 9 nitrogen and oxygen atoms in total. The number of hydrogen-bond donors (Lipinski definition) is 0. The lowest BCUT2D eigenvalue weighted by atomic mass is 9.87. The molecule has 244 valence electrons. The van der Waals surface area contributed by atoms with Crippen molar-refractivity contribution < 1.29 is 33.3 Å². The third-order valence-corrected chi connectivity index (χ3v) is 7.71. The van der Waals surface area contributed by atoms with Gasteiger partial charge in [-0.2, -0.15) is 0 Å². The highest BCUT2D eigenvalue weighted by Gasteiger charge is 2.34. The number of para-hydroxylation sites is 1. The van der Waals surface area contributed by atoms with E-state index in [1.54, 1.807) is 18.4 Å². The molecule has 0 bridgehead atoms. The van der Waals surface area contributed by atoms with Crippen molar-refractivity contribution in [2.75, 3.05) is 33.4 Å². The molecule has 0 aliphatic carbocycles. The number of hydrogen-bond acceptors (Lipinski definition) is 9. The standard InChI is InChI=1S/C37H44N2O7/c1-37(2,3)45-36(40)46-39-20-18-32(35(24-39)44-25-27-12-13-29-10-7-19-38-33(29)23-27)28-14-16-31(17-15-28)43-22-8-21-42-26-30-9-5-6-11-34(30)41-4/h5-7,9-17,19,23,32,35H,8,18,20-22,24-26H2,1-4H3. The second-order valence-electron chi connectivity index (χ2n) is 12.4. The van der Waals surface area contributed by atoms with Gasteiger partial charge in [-0.15, -0.1) is 5.06 Å². The molecule has 0 N–H and O–H groups in total. The molecular weight excluding hydrogens is 584 g/mol. The van der Waals surface area contributed by atoms with E-state index in [0.717, 1.165) is 51.9 Å². The molecule has 1 aliphatic rings. The van der Waals surface area contributed by atoms with E-state index < -0.39 is 11.8 Å². The molecule has 9 heteroatoms. The van der Waals surface area contributed by atoms with Gasteiger partial charge in [-0.3, -0.25) is 4.98 Å². The summed E-state index contributed by atoms with van der Waals surface area (Å²) >= 11 is 0. The van der Waals surface area contributed by atoms with E-state index in [9.17, 15) is 4.79 Å². The summed E-state index contributed by atoms with van der Waals surface area (Å²) in [6, 6.07) is 26.2. The molecule has 0 spiro atoms. The molecular formula is C37H44N2O7. The minimum atomic E-state index is -0.711. The van der Waals surface area contributed by atoms with Crippen molar-refractivity contribution in [3.05, 3.63) is 102 Å². The Morgan fingerprint density at radius 2 is 1.78 bits per heavy atom. The molecule has 46 heavy (non-hydrogen) atoms. The normalized spacial score (nSPS) is 17.0. The molecule has 2 atom stereocenters. The average Bonchev–Trinajstić information content (AvgIpc) is 3.05. The van der Waals surface area contributed by atoms with Gasteiger partial charge in [-0.25, -0.2) is 4.79 Å². The van der Waals surface area contributed by atoms with E-state index in [4.69, 9.17) is 28.5 Å². The molecule has 2 heterocycles. The third kappa shape index (κ3) is 9.66. The first-order chi connectivity index (χ1) is 22.3. The fourth-order valence-corrected chi connectivity index (χ4v) is 5.47. The number of carbonyl (C=O) groups is 1. The minimum absolute atomic E-state index is 0.106. The number of piperidine rings is 1. The first kappa shape index (κ1) is 33.2. The van der Waals surface area contributed by atoms with Crippen LogP contribution in [0.4, 0.5) is 4.79 Å². The van der Waals surface area contributed by atoms with Crippen LogP contribution in [0.15, 0.2) is 85.1 Å². The lowest BCUT2D eigenvalue weighted by Gasteiger charge is -2.37. The van der Waals surface area contributed by atoms with Gasteiger partial charge in [0.1, 0.15) is 17.1 Å². The molecule has 0 saturated carbocycles. The predicted molar refractivity (Wildman–Crippen MR) is 176 cm³/mol. The van der Waals surface area contributed by atoms with Gasteiger partial charge in [0.25, 0.3) is 0 Å². The fraction of sp³-hybridized carbons (Fsp3) is 0.405. The lowest BCUT2D eigenvalue weighted by molar-refractivity contribution is -0.179. The molecule has 1 aromatic heterocycles. The van der Waals surface area contributed by atoms with Crippen molar-refractivity contribution in [3.8, 4) is 11.5 Å². The first-order valence-electron chi connectivity index (χ1n) is 15.8. The molecule has 2 unspecified atom stereocenters. The van der Waals surface area contributed by atoms with E-state index in [1.807, 2.05) is 69.3 Å². The fourth-order valence-electron chi connectivity index (χ4n) is 5.47. The summed E-state index contributed by atoms with van der Waals surface area (Å²) in [5.41, 5.74) is 3.50. The van der Waals surface area contributed by atoms with Crippen LogP contribution in [-0.2, 0) is 32.3 Å². The van der Waals surface area contributed by atoms with Gasteiger partial charge in [0, 0.05) is 36.0 Å². The number of nitrogens with zero attached hydrogens (tertiary/aromatic N) is 2. The van der Waals surface area contributed by atoms with Crippen LogP contribution in [0.25, 0.3) is 10.9 Å². The molecule has 0 radical (unpaired) electrons. The monoisotopic (exact) mass is 628 g/mol. The SMILES string of the molecule is COc1ccccc1COCCCOc1ccc(C2CCN(OC(=O)OC(C)(C)C)CC2OCc2ccc3cccnc3c2)cc1. The predicted octanol–water partition coefficient (Wildman–Crippen LogP) is 7.47. The van der Waals surface area contributed by atoms with Crippen LogP contribution in [0.2, 0.25) is 0 Å². The van der Waals surface area contributed by atoms with Crippen LogP contribution < -0.4 is 9.47 Å². The molecule has 1 aliphatic heterocycles. The van der Waals surface area contributed by atoms with Gasteiger partial charge < -0.3 is 28.5 Å². The average molecular weight is 629 g/mol. The number of benzene rings is 3. The number of fused-ring (bicyclic) bond motifs is 1. The highest BCUT2D eigenvalue weighted by molar-refractivity contribution is 5.78. The van der Waals surface area contributed by atoms with Gasteiger partial charge >= 0.3 is 6.16 Å². The Kier molecular flexibility index (Phi) is 11.5. The van der Waals surface area contributed by atoms with E-state index in [0.29, 0.717) is 39.5 Å². The first-order valence-corrected chi connectivity index (χ1v) is 15.8. The zero-order chi connectivity index (χ0) is 32.4. The van der Waals surface area contributed by atoms with E-state index in [2.05, 4.69) is 35.3 Å². The Labute approximate surface area is 271 Å². The summed E-state index contributed by atoms with van der Waals surface area (Å²) in [7, 11) is 1.67. The van der Waals surface area contributed by atoms with Crippen molar-refractivity contribution in [1.82, 2.24) is 10.0 Å². The number of rotatable bonds is 13. The largest absolute Gasteiger partial charge is 0.528 e. The third-order valence-electron chi connectivity index (χ3n) is 7.71. The molecule has 4 aromatic rings. The quantitative estimate of drug-likeness (QED) is 0.111. The number of pyridine rings is 1. The Bertz CT molecular complexity index is 1550. The van der Waals surface area contributed by atoms with Gasteiger partial charge in [-0.1, -0.05) is 48.5 Å². The lowest BCUT2D eigenvalue weighted by Crippen LogP contribution is -2.45. The van der Waals surface area contributed by atoms with Crippen LogP contribution in [0.1, 0.15) is 56.2 Å². The van der Waals surface area contributed by atoms with Crippen molar-refractivity contribution in [1.29, 1.82) is 0 Å². The molecule has 5 rings (SSSR count). The van der Waals surface area contributed by atoms with Crippen molar-refractivity contribution in [3.63, 3.8) is 0 Å². The minimum Gasteiger partial charge on any atom is -0.496 e. The van der Waals surface area contributed by atoms with E-state index >= 15 is 0 Å². The molecule has 0 amide bonds. The Hall–Kier alpha value is -4.18. The van der Waals surface area contributed by atoms with Crippen LogP contribution >= 0.6 is 0 Å². The molecule has 3 aromatic carbocycles. The van der Waals surface area contributed by atoms with Crippen LogP contribution in [0.5, 0.6) is 11.5 Å². The molecule has 1 saturated heterocycles. The topological polar surface area (TPSA) is 88.6 Å². The van der Waals surface area contributed by atoms with Crippen LogP contribution in [0, 0.1) is 0 Å². The summed E-state index contributed by atoms with van der Waals surface area (Å²) < 4.78 is 29.1. The van der Waals surface area contributed by atoms with Gasteiger partial charge in [-0.05, 0) is 68.7 Å². The number of aromatic nitrogens is 1. The summed E-state index contributed by atoms with van der Waals surface area (Å²) in [6.07, 6.45) is 2.38. The Balaban J connectivity index is 1.16. The number of carbonyl (C=O) groups excluding carboxylic acids is 1.